The summed E-state index contributed by atoms with van der Waals surface area (Å²) in [6.45, 7) is 1.18. The zero-order valence-electron chi connectivity index (χ0n) is 13.0. The molecule has 0 aliphatic heterocycles. The summed E-state index contributed by atoms with van der Waals surface area (Å²) >= 11 is 0. The van der Waals surface area contributed by atoms with Crippen LogP contribution in [0.4, 0.5) is 57.1 Å². The molecule has 1 atom stereocenters. The van der Waals surface area contributed by atoms with Crippen molar-refractivity contribution in [2.24, 2.45) is 0 Å². The normalized spacial score (nSPS) is 15.9. The average molecular weight is 448 g/mol. The second kappa shape index (κ2) is 7.59. The van der Waals surface area contributed by atoms with E-state index >= 15 is 0 Å². The van der Waals surface area contributed by atoms with E-state index in [1.54, 1.807) is 0 Å². The maximum atomic E-state index is 13.4. The van der Waals surface area contributed by atoms with E-state index < -0.39 is 60.9 Å². The van der Waals surface area contributed by atoms with E-state index in [0.717, 1.165) is 0 Å². The largest absolute Gasteiger partial charge is 0.460 e. The number of esters is 1. The maximum Gasteiger partial charge on any atom is 0.438 e. The number of ether oxygens (including phenoxy) is 1. The summed E-state index contributed by atoms with van der Waals surface area (Å²) in [7, 11) is 0. The predicted molar refractivity (Wildman–Crippen MR) is 62.6 cm³/mol. The third kappa shape index (κ3) is 4.30. The van der Waals surface area contributed by atoms with Crippen molar-refractivity contribution >= 4 is 5.97 Å². The van der Waals surface area contributed by atoms with Crippen LogP contribution in [0.2, 0.25) is 0 Å². The highest BCUT2D eigenvalue weighted by Crippen LogP contribution is 2.62. The number of hydrogen-bond acceptors (Lipinski definition) is 3. The molecule has 0 saturated heterocycles. The molecule has 0 aromatic rings. The Hall–Kier alpha value is -1.74. The van der Waals surface area contributed by atoms with Crippen LogP contribution in [0.15, 0.2) is 12.7 Å². The Labute approximate surface area is 146 Å². The molecule has 16 heteroatoms. The van der Waals surface area contributed by atoms with E-state index in [4.69, 9.17) is 5.11 Å². The first-order valence-electron chi connectivity index (χ1n) is 6.53. The topological polar surface area (TPSA) is 46.5 Å². The van der Waals surface area contributed by atoms with Crippen molar-refractivity contribution in [2.45, 2.75) is 48.3 Å². The molecular formula is C12H9F13O3. The number of hydrogen-bond donors (Lipinski definition) is 1. The van der Waals surface area contributed by atoms with Crippen molar-refractivity contribution in [3.05, 3.63) is 12.7 Å². The van der Waals surface area contributed by atoms with Gasteiger partial charge in [0.2, 0.25) is 0 Å². The van der Waals surface area contributed by atoms with Gasteiger partial charge >= 0.3 is 41.8 Å². The Bertz CT molecular complexity index is 564. The minimum Gasteiger partial charge on any atom is -0.460 e. The van der Waals surface area contributed by atoms with Crippen LogP contribution < -0.4 is 0 Å². The van der Waals surface area contributed by atoms with Gasteiger partial charge in [0, 0.05) is 12.5 Å². The third-order valence-electron chi connectivity index (χ3n) is 3.14. The van der Waals surface area contributed by atoms with Crippen molar-refractivity contribution in [2.75, 3.05) is 6.61 Å². The van der Waals surface area contributed by atoms with E-state index in [2.05, 4.69) is 11.3 Å². The van der Waals surface area contributed by atoms with Crippen LogP contribution in [-0.2, 0) is 9.53 Å². The highest BCUT2D eigenvalue weighted by atomic mass is 19.4. The SMILES string of the molecule is C=CC(=O)OC[C@@H](O)CC(F)(F)C(F)(F)C(F)(F)C(F)(C(F)(F)F)C(F)(F)F. The molecule has 3 nitrogen and oxygen atoms in total. The molecule has 0 aromatic heterocycles. The number of carbonyl (C=O) groups excluding carboxylic acids is 1. The first-order chi connectivity index (χ1) is 12.1. The standard InChI is InChI=1S/C12H9F13O3/c1-2-6(27)28-4-5(26)3-7(13,14)9(16,17)10(18,19)8(15,11(20,21)22)12(23,24)25/h2,5,26H,1,3-4H2/t5-/m0/s1. The summed E-state index contributed by atoms with van der Waals surface area (Å²) in [6.07, 6.45) is -21.0. The summed E-state index contributed by atoms with van der Waals surface area (Å²) in [5.74, 6) is -23.6. The van der Waals surface area contributed by atoms with Crippen LogP contribution in [-0.4, -0.2) is 59.6 Å². The van der Waals surface area contributed by atoms with Crippen LogP contribution >= 0.6 is 0 Å². The fraction of sp³-hybridized carbons (Fsp3) is 0.750. The zero-order valence-corrected chi connectivity index (χ0v) is 13.0. The van der Waals surface area contributed by atoms with Crippen molar-refractivity contribution in [1.82, 2.24) is 0 Å². The average Bonchev–Trinajstić information content (AvgIpc) is 2.48. The fourth-order valence-corrected chi connectivity index (χ4v) is 1.68. The number of halogens is 13. The van der Waals surface area contributed by atoms with Gasteiger partial charge in [-0.3, -0.25) is 0 Å². The minimum atomic E-state index is -8.06. The quantitative estimate of drug-likeness (QED) is 0.344. The van der Waals surface area contributed by atoms with Gasteiger partial charge in [-0.15, -0.1) is 0 Å². The smallest absolute Gasteiger partial charge is 0.438 e. The Morgan fingerprint density at radius 3 is 1.57 bits per heavy atom. The summed E-state index contributed by atoms with van der Waals surface area (Å²) in [5.41, 5.74) is -8.06. The Morgan fingerprint density at radius 2 is 1.25 bits per heavy atom. The molecule has 0 spiro atoms. The van der Waals surface area contributed by atoms with Gasteiger partial charge in [0.05, 0.1) is 6.10 Å². The second-order valence-electron chi connectivity index (χ2n) is 5.20. The van der Waals surface area contributed by atoms with Crippen LogP contribution in [0.1, 0.15) is 6.42 Å². The predicted octanol–water partition coefficient (Wildman–Crippen LogP) is 4.21. The molecule has 0 rings (SSSR count). The molecule has 0 radical (unpaired) electrons. The maximum absolute atomic E-state index is 13.4. The minimum absolute atomic E-state index is 0.373. The van der Waals surface area contributed by atoms with E-state index in [-0.39, 0.29) is 0 Å². The van der Waals surface area contributed by atoms with Gasteiger partial charge in [0.1, 0.15) is 6.61 Å². The van der Waals surface area contributed by atoms with E-state index in [1.807, 2.05) is 0 Å². The summed E-state index contributed by atoms with van der Waals surface area (Å²) < 4.78 is 171. The Balaban J connectivity index is 6.02. The van der Waals surface area contributed by atoms with Gasteiger partial charge in [-0.1, -0.05) is 6.58 Å². The summed E-state index contributed by atoms with van der Waals surface area (Å²) in [5, 5.41) is 8.97. The van der Waals surface area contributed by atoms with Crippen LogP contribution in [0, 0.1) is 0 Å². The Kier molecular flexibility index (Phi) is 7.12. The van der Waals surface area contributed by atoms with Gasteiger partial charge in [-0.05, 0) is 0 Å². The van der Waals surface area contributed by atoms with E-state index in [9.17, 15) is 61.9 Å². The first kappa shape index (κ1) is 26.3. The number of rotatable bonds is 8. The first-order valence-corrected chi connectivity index (χ1v) is 6.53. The molecular weight excluding hydrogens is 439 g/mol. The van der Waals surface area contributed by atoms with E-state index in [0.29, 0.717) is 6.08 Å². The molecule has 0 fully saturated rings. The number of aliphatic hydroxyl groups is 1. The molecule has 0 aliphatic rings. The highest BCUT2D eigenvalue weighted by Gasteiger charge is 2.93. The zero-order chi connectivity index (χ0) is 23.0. The fourth-order valence-electron chi connectivity index (χ4n) is 1.68. The number of alkyl halides is 13. The molecule has 0 aliphatic carbocycles. The van der Waals surface area contributed by atoms with Gasteiger partial charge in [-0.25, -0.2) is 9.18 Å². The summed E-state index contributed by atoms with van der Waals surface area (Å²) in [6, 6.07) is 0. The van der Waals surface area contributed by atoms with Gasteiger partial charge in [0.25, 0.3) is 0 Å². The number of carbonyl (C=O) groups is 1. The third-order valence-corrected chi connectivity index (χ3v) is 3.14. The van der Waals surface area contributed by atoms with Crippen molar-refractivity contribution < 1.29 is 71.7 Å². The lowest BCUT2D eigenvalue weighted by molar-refractivity contribution is -0.445. The monoisotopic (exact) mass is 448 g/mol. The lowest BCUT2D eigenvalue weighted by Gasteiger charge is -2.42. The lowest BCUT2D eigenvalue weighted by Crippen LogP contribution is -2.73. The summed E-state index contributed by atoms with van der Waals surface area (Å²) in [4.78, 5) is 10.6. The Morgan fingerprint density at radius 1 is 0.857 bits per heavy atom. The van der Waals surface area contributed by atoms with E-state index in [1.165, 1.54) is 0 Å². The molecule has 166 valence electrons. The highest BCUT2D eigenvalue weighted by molar-refractivity contribution is 5.81. The molecule has 28 heavy (non-hydrogen) atoms. The lowest BCUT2D eigenvalue weighted by atomic mass is 9.86. The molecule has 0 unspecified atom stereocenters. The molecule has 0 saturated carbocycles. The van der Waals surface area contributed by atoms with Crippen LogP contribution in [0.3, 0.4) is 0 Å². The molecule has 0 aromatic carbocycles. The van der Waals surface area contributed by atoms with Gasteiger partial charge < -0.3 is 9.84 Å². The van der Waals surface area contributed by atoms with Crippen molar-refractivity contribution in [1.29, 1.82) is 0 Å². The van der Waals surface area contributed by atoms with Crippen molar-refractivity contribution in [3.8, 4) is 0 Å². The van der Waals surface area contributed by atoms with Crippen LogP contribution in [0.5, 0.6) is 0 Å². The van der Waals surface area contributed by atoms with Gasteiger partial charge in [0.15, 0.2) is 0 Å². The molecule has 0 heterocycles. The van der Waals surface area contributed by atoms with Gasteiger partial charge in [-0.2, -0.15) is 52.7 Å². The molecule has 0 bridgehead atoms. The number of aliphatic hydroxyl groups excluding tert-OH is 1. The van der Waals surface area contributed by atoms with Crippen molar-refractivity contribution in [3.63, 3.8) is 0 Å². The molecule has 0 amide bonds. The molecule has 1 N–H and O–H groups in total. The second-order valence-corrected chi connectivity index (χ2v) is 5.20. The van der Waals surface area contributed by atoms with Crippen LogP contribution in [0.25, 0.3) is 0 Å².